The van der Waals surface area contributed by atoms with E-state index in [0.29, 0.717) is 12.1 Å². The maximum absolute atomic E-state index is 14.2. The standard InChI is InChI=1S/C27H32FN3O4/c1-17(2)10-11-20-12-22-25(29-13-20)35-24(18(3)14-31(27(22)34)19(4)16-32)15-30(5)26(33)21-8-6-7-9-23(21)28/h6-9,12-13,17-19,24,32H,14-16H2,1-5H3/t18-,19-,24+/m0/s1. The molecule has 186 valence electrons. The van der Waals surface area contributed by atoms with Gasteiger partial charge in [0.15, 0.2) is 0 Å². The second kappa shape index (κ2) is 11.3. The average Bonchev–Trinajstić information content (AvgIpc) is 2.84. The summed E-state index contributed by atoms with van der Waals surface area (Å²) in [5, 5.41) is 9.79. The summed E-state index contributed by atoms with van der Waals surface area (Å²) in [5.41, 5.74) is 0.815. The molecule has 0 radical (unpaired) electrons. The van der Waals surface area contributed by atoms with Crippen LogP contribution in [0.2, 0.25) is 0 Å². The first-order chi connectivity index (χ1) is 16.6. The van der Waals surface area contributed by atoms with Gasteiger partial charge < -0.3 is 19.6 Å². The number of carbonyl (C=O) groups is 2. The van der Waals surface area contributed by atoms with E-state index in [-0.39, 0.29) is 47.9 Å². The van der Waals surface area contributed by atoms with Gasteiger partial charge in [0.05, 0.1) is 24.8 Å². The van der Waals surface area contributed by atoms with Crippen molar-refractivity contribution in [2.75, 3.05) is 26.7 Å². The molecule has 1 aliphatic heterocycles. The van der Waals surface area contributed by atoms with E-state index < -0.39 is 23.9 Å². The lowest BCUT2D eigenvalue weighted by Gasteiger charge is -2.37. The van der Waals surface area contributed by atoms with Crippen molar-refractivity contribution in [2.45, 2.75) is 39.8 Å². The van der Waals surface area contributed by atoms with E-state index in [0.717, 1.165) is 0 Å². The number of benzene rings is 1. The lowest BCUT2D eigenvalue weighted by molar-refractivity contribution is 0.0312. The van der Waals surface area contributed by atoms with Crippen LogP contribution in [-0.4, -0.2) is 70.6 Å². The number of hydrogen-bond donors (Lipinski definition) is 1. The van der Waals surface area contributed by atoms with Gasteiger partial charge >= 0.3 is 0 Å². The van der Waals surface area contributed by atoms with Gasteiger partial charge in [-0.3, -0.25) is 9.59 Å². The lowest BCUT2D eigenvalue weighted by atomic mass is 9.99. The molecule has 0 fully saturated rings. The van der Waals surface area contributed by atoms with Crippen molar-refractivity contribution >= 4 is 11.8 Å². The molecule has 0 aliphatic carbocycles. The monoisotopic (exact) mass is 481 g/mol. The van der Waals surface area contributed by atoms with Crippen LogP contribution in [0.4, 0.5) is 4.39 Å². The Morgan fingerprint density at radius 2 is 2.06 bits per heavy atom. The first-order valence-electron chi connectivity index (χ1n) is 11.7. The molecule has 0 spiro atoms. The van der Waals surface area contributed by atoms with E-state index in [9.17, 15) is 19.1 Å². The third-order valence-electron chi connectivity index (χ3n) is 5.93. The lowest BCUT2D eigenvalue weighted by Crippen LogP contribution is -2.50. The Morgan fingerprint density at radius 1 is 1.34 bits per heavy atom. The van der Waals surface area contributed by atoms with Crippen molar-refractivity contribution in [3.63, 3.8) is 0 Å². The molecule has 3 atom stereocenters. The zero-order chi connectivity index (χ0) is 25.7. The van der Waals surface area contributed by atoms with Crippen molar-refractivity contribution in [3.8, 4) is 17.7 Å². The molecule has 1 aromatic carbocycles. The highest BCUT2D eigenvalue weighted by Crippen LogP contribution is 2.27. The summed E-state index contributed by atoms with van der Waals surface area (Å²) >= 11 is 0. The van der Waals surface area contributed by atoms with Crippen molar-refractivity contribution < 1.29 is 23.8 Å². The van der Waals surface area contributed by atoms with Crippen molar-refractivity contribution in [2.24, 2.45) is 11.8 Å². The average molecular weight is 482 g/mol. The quantitative estimate of drug-likeness (QED) is 0.663. The van der Waals surface area contributed by atoms with Crippen molar-refractivity contribution in [3.05, 3.63) is 59.0 Å². The number of aliphatic hydroxyl groups excluding tert-OH is 1. The molecule has 0 unspecified atom stereocenters. The molecular weight excluding hydrogens is 449 g/mol. The first-order valence-corrected chi connectivity index (χ1v) is 11.7. The molecule has 35 heavy (non-hydrogen) atoms. The highest BCUT2D eigenvalue weighted by molar-refractivity contribution is 5.97. The Labute approximate surface area is 205 Å². The summed E-state index contributed by atoms with van der Waals surface area (Å²) in [6.07, 6.45) is 1.02. The topological polar surface area (TPSA) is 83.0 Å². The van der Waals surface area contributed by atoms with E-state index >= 15 is 0 Å². The third kappa shape index (κ3) is 6.17. The normalized spacial score (nSPS) is 18.5. The number of aromatic nitrogens is 1. The Kier molecular flexibility index (Phi) is 8.47. The molecule has 1 aliphatic rings. The molecule has 7 nitrogen and oxygen atoms in total. The number of rotatable bonds is 5. The molecule has 2 heterocycles. The number of amides is 2. The van der Waals surface area contributed by atoms with Crippen molar-refractivity contribution in [1.29, 1.82) is 0 Å². The van der Waals surface area contributed by atoms with E-state index in [4.69, 9.17) is 4.74 Å². The summed E-state index contributed by atoms with van der Waals surface area (Å²) in [4.78, 5) is 33.7. The molecule has 2 amide bonds. The van der Waals surface area contributed by atoms with Gasteiger partial charge in [-0.1, -0.05) is 44.7 Å². The molecule has 0 saturated carbocycles. The Balaban J connectivity index is 1.96. The minimum Gasteiger partial charge on any atom is -0.472 e. The summed E-state index contributed by atoms with van der Waals surface area (Å²) in [5.74, 6) is 4.81. The highest BCUT2D eigenvalue weighted by atomic mass is 19.1. The van der Waals surface area contributed by atoms with Crippen LogP contribution >= 0.6 is 0 Å². The van der Waals surface area contributed by atoms with Gasteiger partial charge in [0, 0.05) is 37.2 Å². The van der Waals surface area contributed by atoms with Gasteiger partial charge in [0.25, 0.3) is 11.8 Å². The summed E-state index contributed by atoms with van der Waals surface area (Å²) in [6, 6.07) is 7.05. The molecule has 1 N–H and O–H groups in total. The predicted octanol–water partition coefficient (Wildman–Crippen LogP) is 3.22. The smallest absolute Gasteiger partial charge is 0.259 e. The van der Waals surface area contributed by atoms with E-state index in [1.165, 1.54) is 23.1 Å². The molecule has 1 aromatic heterocycles. The summed E-state index contributed by atoms with van der Waals surface area (Å²) in [7, 11) is 1.59. The number of halogens is 1. The number of ether oxygens (including phenoxy) is 1. The van der Waals surface area contributed by atoms with E-state index in [2.05, 4.69) is 16.8 Å². The van der Waals surface area contributed by atoms with Crippen LogP contribution in [-0.2, 0) is 0 Å². The van der Waals surface area contributed by atoms with Gasteiger partial charge in [-0.25, -0.2) is 9.37 Å². The van der Waals surface area contributed by atoms with Gasteiger partial charge in [0.2, 0.25) is 5.88 Å². The fraction of sp³-hybridized carbons (Fsp3) is 0.444. The second-order valence-corrected chi connectivity index (χ2v) is 9.29. The first kappa shape index (κ1) is 26.2. The summed E-state index contributed by atoms with van der Waals surface area (Å²) < 4.78 is 20.4. The zero-order valence-electron chi connectivity index (χ0n) is 20.8. The minimum absolute atomic E-state index is 0.0221. The van der Waals surface area contributed by atoms with Crippen LogP contribution in [0.15, 0.2) is 36.5 Å². The van der Waals surface area contributed by atoms with E-state index in [1.54, 1.807) is 37.2 Å². The number of likely N-dealkylation sites (N-methyl/N-ethyl adjacent to an activating group) is 1. The number of aliphatic hydroxyl groups is 1. The molecular formula is C27H32FN3O4. The second-order valence-electron chi connectivity index (χ2n) is 9.29. The van der Waals surface area contributed by atoms with Crippen LogP contribution < -0.4 is 4.74 Å². The zero-order valence-corrected chi connectivity index (χ0v) is 20.8. The SMILES string of the molecule is CC(C)C#Cc1cnc2c(c1)C(=O)N([C@@H](C)CO)C[C@H](C)[C@@H](CN(C)C(=O)c1ccccc1F)O2. The molecule has 0 bridgehead atoms. The van der Waals surface area contributed by atoms with Crippen LogP contribution in [0.5, 0.6) is 5.88 Å². The Morgan fingerprint density at radius 3 is 2.71 bits per heavy atom. The van der Waals surface area contributed by atoms with Gasteiger partial charge in [-0.15, -0.1) is 0 Å². The fourth-order valence-electron chi connectivity index (χ4n) is 3.81. The van der Waals surface area contributed by atoms with Gasteiger partial charge in [-0.05, 0) is 25.1 Å². The molecule has 3 rings (SSSR count). The predicted molar refractivity (Wildman–Crippen MR) is 130 cm³/mol. The largest absolute Gasteiger partial charge is 0.472 e. The third-order valence-corrected chi connectivity index (χ3v) is 5.93. The maximum atomic E-state index is 14.2. The van der Waals surface area contributed by atoms with E-state index in [1.807, 2.05) is 20.8 Å². The number of carbonyl (C=O) groups excluding carboxylic acids is 2. The minimum atomic E-state index is -0.591. The molecule has 0 saturated heterocycles. The van der Waals surface area contributed by atoms with Crippen molar-refractivity contribution in [1.82, 2.24) is 14.8 Å². The van der Waals surface area contributed by atoms with Crippen LogP contribution in [0.25, 0.3) is 0 Å². The number of hydrogen-bond acceptors (Lipinski definition) is 5. The summed E-state index contributed by atoms with van der Waals surface area (Å²) in [6.45, 7) is 7.87. The molecule has 2 aromatic rings. The van der Waals surface area contributed by atoms with Gasteiger partial charge in [-0.2, -0.15) is 0 Å². The van der Waals surface area contributed by atoms with Crippen LogP contribution in [0.3, 0.4) is 0 Å². The Bertz CT molecular complexity index is 1140. The highest BCUT2D eigenvalue weighted by Gasteiger charge is 2.35. The fourth-order valence-corrected chi connectivity index (χ4v) is 3.81. The molecule has 8 heteroatoms. The number of fused-ring (bicyclic) bond motifs is 1. The van der Waals surface area contributed by atoms with Crippen LogP contribution in [0.1, 0.15) is 54.0 Å². The number of pyridine rings is 1. The van der Waals surface area contributed by atoms with Crippen LogP contribution in [0, 0.1) is 29.5 Å². The Hall–Kier alpha value is -3.44. The van der Waals surface area contributed by atoms with Gasteiger partial charge in [0.1, 0.15) is 17.5 Å². The number of nitrogens with zero attached hydrogens (tertiary/aromatic N) is 3. The maximum Gasteiger partial charge on any atom is 0.259 e.